The number of carboxylic acid groups (broad SMARTS) is 1. The Kier molecular flexibility index (Phi) is 5.97. The summed E-state index contributed by atoms with van der Waals surface area (Å²) >= 11 is 0.752. The molecule has 3 aromatic heterocycles. The fourth-order valence-electron chi connectivity index (χ4n) is 4.41. The van der Waals surface area contributed by atoms with Gasteiger partial charge in [-0.25, -0.2) is 26.9 Å². The highest BCUT2D eigenvalue weighted by molar-refractivity contribution is 7.89. The maximum atomic E-state index is 13.2. The van der Waals surface area contributed by atoms with Gasteiger partial charge in [0.25, 0.3) is 12.9 Å². The zero-order chi connectivity index (χ0) is 25.0. The molecule has 0 amide bonds. The fourth-order valence-corrected chi connectivity index (χ4v) is 6.58. The Labute approximate surface area is 203 Å². The first kappa shape index (κ1) is 24.0. The summed E-state index contributed by atoms with van der Waals surface area (Å²) < 4.78 is 56.9. The molecule has 2 atom stereocenters. The largest absolute Gasteiger partial charge is 0.483 e. The van der Waals surface area contributed by atoms with Crippen LogP contribution in [0.1, 0.15) is 37.6 Å². The maximum absolute atomic E-state index is 13.2. The van der Waals surface area contributed by atoms with Crippen molar-refractivity contribution in [3.05, 3.63) is 23.5 Å². The highest BCUT2D eigenvalue weighted by Gasteiger charge is 2.42. The molecule has 7 rings (SSSR count). The van der Waals surface area contributed by atoms with Gasteiger partial charge in [0.05, 0.1) is 17.4 Å². The molecule has 0 aromatic carbocycles. The summed E-state index contributed by atoms with van der Waals surface area (Å²) in [7, 11) is -3.79. The number of halogens is 2. The van der Waals surface area contributed by atoms with Crippen LogP contribution in [0.4, 0.5) is 14.5 Å². The summed E-state index contributed by atoms with van der Waals surface area (Å²) in [5, 5.41) is 17.6. The number of nitrogens with one attached hydrogen (secondary N) is 2. The van der Waals surface area contributed by atoms with Crippen LogP contribution in [0.3, 0.4) is 0 Å². The number of rotatable bonds is 6. The molecule has 4 fully saturated rings. The normalized spacial score (nSPS) is 22.5. The van der Waals surface area contributed by atoms with E-state index in [1.165, 1.54) is 6.20 Å². The standard InChI is InChI=1S/C19H21F2N7O2S2.CH2O2/c1-19(2-3-19)26-32(29,30)12-5-13(27-7-10-4-11(8-27)23-10)14-6-22-16(28(14)9-12)18-25-24-17(31-18)15(20)21;2-1-3/h5-6,9-11,15,23,26H,2-4,7-8H2,1H3;1H,(H,2,3). The average molecular weight is 528 g/mol. The van der Waals surface area contributed by atoms with Crippen LogP contribution in [0.15, 0.2) is 23.4 Å². The van der Waals surface area contributed by atoms with Crippen molar-refractivity contribution in [1.29, 1.82) is 0 Å². The van der Waals surface area contributed by atoms with Gasteiger partial charge in [-0.05, 0) is 32.3 Å². The summed E-state index contributed by atoms with van der Waals surface area (Å²) in [5.74, 6) is 0.292. The van der Waals surface area contributed by atoms with E-state index in [-0.39, 0.29) is 16.4 Å². The first-order valence-electron chi connectivity index (χ1n) is 10.9. The highest BCUT2D eigenvalue weighted by atomic mass is 32.2. The van der Waals surface area contributed by atoms with Crippen LogP contribution in [0.5, 0.6) is 0 Å². The molecule has 2 unspecified atom stereocenters. The number of alkyl halides is 2. The minimum absolute atomic E-state index is 0.109. The van der Waals surface area contributed by atoms with E-state index < -0.39 is 27.0 Å². The molecule has 15 heteroatoms. The monoisotopic (exact) mass is 527 g/mol. The third-order valence-corrected chi connectivity index (χ3v) is 8.90. The molecular formula is C20H23F2N7O4S2. The van der Waals surface area contributed by atoms with Gasteiger partial charge in [-0.3, -0.25) is 9.20 Å². The Balaban J connectivity index is 0.000000806. The van der Waals surface area contributed by atoms with Crippen LogP contribution < -0.4 is 14.9 Å². The second kappa shape index (κ2) is 8.72. The summed E-state index contributed by atoms with van der Waals surface area (Å²) in [6.07, 6.45) is 3.08. The molecule has 1 saturated carbocycles. The van der Waals surface area contributed by atoms with Crippen molar-refractivity contribution in [2.75, 3.05) is 18.0 Å². The van der Waals surface area contributed by atoms with E-state index in [1.54, 1.807) is 16.7 Å². The van der Waals surface area contributed by atoms with Gasteiger partial charge >= 0.3 is 0 Å². The van der Waals surface area contributed by atoms with Crippen LogP contribution >= 0.6 is 11.3 Å². The van der Waals surface area contributed by atoms with Crippen molar-refractivity contribution in [3.63, 3.8) is 0 Å². The van der Waals surface area contributed by atoms with Crippen LogP contribution in [0.25, 0.3) is 16.3 Å². The van der Waals surface area contributed by atoms with Crippen molar-refractivity contribution in [1.82, 2.24) is 29.6 Å². The van der Waals surface area contributed by atoms with Crippen LogP contribution in [0.2, 0.25) is 0 Å². The van der Waals surface area contributed by atoms with Gasteiger partial charge in [0.2, 0.25) is 10.0 Å². The molecular weight excluding hydrogens is 504 g/mol. The van der Waals surface area contributed by atoms with Crippen molar-refractivity contribution < 1.29 is 27.1 Å². The number of fused-ring (bicyclic) bond motifs is 3. The Morgan fingerprint density at radius 2 is 1.97 bits per heavy atom. The first-order valence-corrected chi connectivity index (χ1v) is 13.2. The summed E-state index contributed by atoms with van der Waals surface area (Å²) in [6, 6.07) is 2.43. The Morgan fingerprint density at radius 1 is 1.31 bits per heavy atom. The van der Waals surface area contributed by atoms with Crippen molar-refractivity contribution >= 4 is 39.0 Å². The zero-order valence-corrected chi connectivity index (χ0v) is 20.2. The molecule has 0 spiro atoms. The number of sulfonamides is 1. The molecule has 0 radical (unpaired) electrons. The predicted octanol–water partition coefficient (Wildman–Crippen LogP) is 1.87. The first-order chi connectivity index (χ1) is 16.6. The van der Waals surface area contributed by atoms with E-state index in [9.17, 15) is 17.2 Å². The molecule has 3 aliphatic heterocycles. The third-order valence-electron chi connectivity index (χ3n) is 6.37. The number of imidazole rings is 1. The van der Waals surface area contributed by atoms with Gasteiger partial charge in [0, 0.05) is 36.9 Å². The molecule has 3 aromatic rings. The summed E-state index contributed by atoms with van der Waals surface area (Å²) in [5.41, 5.74) is 1.03. The average Bonchev–Trinajstić information content (AvgIpc) is 3.18. The van der Waals surface area contributed by atoms with Gasteiger partial charge in [-0.2, -0.15) is 0 Å². The van der Waals surface area contributed by atoms with E-state index in [2.05, 4.69) is 30.1 Å². The van der Waals surface area contributed by atoms with Gasteiger partial charge in [-0.1, -0.05) is 11.3 Å². The number of hydrogen-bond donors (Lipinski definition) is 3. The lowest BCUT2D eigenvalue weighted by atomic mass is 9.91. The summed E-state index contributed by atoms with van der Waals surface area (Å²) in [4.78, 5) is 15.0. The number of aromatic nitrogens is 4. The van der Waals surface area contributed by atoms with E-state index in [1.807, 2.05) is 6.92 Å². The number of pyridine rings is 1. The van der Waals surface area contributed by atoms with E-state index >= 15 is 0 Å². The third kappa shape index (κ3) is 4.60. The zero-order valence-electron chi connectivity index (χ0n) is 18.6. The lowest BCUT2D eigenvalue weighted by Crippen LogP contribution is -2.67. The van der Waals surface area contributed by atoms with E-state index in [0.29, 0.717) is 23.4 Å². The molecule has 4 aliphatic rings. The predicted molar refractivity (Wildman–Crippen MR) is 123 cm³/mol. The summed E-state index contributed by atoms with van der Waals surface area (Å²) in [6.45, 7) is 3.15. The Hall–Kier alpha value is -2.75. The smallest absolute Gasteiger partial charge is 0.291 e. The molecule has 3 N–H and O–H groups in total. The quantitative estimate of drug-likeness (QED) is 0.410. The van der Waals surface area contributed by atoms with Gasteiger partial charge in [-0.15, -0.1) is 10.2 Å². The molecule has 2 bridgehead atoms. The number of piperidine rings is 1. The number of hydrogen-bond acceptors (Lipinski definition) is 9. The van der Waals surface area contributed by atoms with E-state index in [4.69, 9.17) is 9.90 Å². The Morgan fingerprint density at radius 3 is 2.54 bits per heavy atom. The molecule has 6 heterocycles. The topological polar surface area (TPSA) is 142 Å². The Bertz CT molecular complexity index is 1360. The van der Waals surface area contributed by atoms with Gasteiger partial charge in [0.15, 0.2) is 15.8 Å². The van der Waals surface area contributed by atoms with Crippen molar-refractivity contribution in [3.8, 4) is 10.8 Å². The number of piperazine rings is 1. The molecule has 35 heavy (non-hydrogen) atoms. The fraction of sp³-hybridized carbons (Fsp3) is 0.500. The molecule has 11 nitrogen and oxygen atoms in total. The number of carbonyl (C=O) groups is 1. The van der Waals surface area contributed by atoms with Crippen molar-refractivity contribution in [2.24, 2.45) is 0 Å². The van der Waals surface area contributed by atoms with Crippen LogP contribution in [0, 0.1) is 0 Å². The van der Waals surface area contributed by atoms with Crippen LogP contribution in [-0.4, -0.2) is 70.3 Å². The number of nitrogens with zero attached hydrogens (tertiary/aromatic N) is 5. The lowest BCUT2D eigenvalue weighted by Gasteiger charge is -2.49. The second-order valence-electron chi connectivity index (χ2n) is 9.12. The van der Waals surface area contributed by atoms with Gasteiger partial charge < -0.3 is 15.3 Å². The molecule has 188 valence electrons. The minimum Gasteiger partial charge on any atom is -0.483 e. The second-order valence-corrected chi connectivity index (χ2v) is 11.8. The van der Waals surface area contributed by atoms with Crippen molar-refractivity contribution in [2.45, 2.75) is 55.1 Å². The lowest BCUT2D eigenvalue weighted by molar-refractivity contribution is -0.122. The maximum Gasteiger partial charge on any atom is 0.291 e. The highest BCUT2D eigenvalue weighted by Crippen LogP contribution is 2.38. The number of anilines is 1. The molecule has 1 aliphatic carbocycles. The minimum atomic E-state index is -3.79. The SMILES string of the molecule is CC1(NS(=O)(=O)c2cc(N3CC4CC(C3)N4)c3cnc(-c4nnc(C(F)F)s4)n3c2)CC1.O=CO. The van der Waals surface area contributed by atoms with E-state index in [0.717, 1.165) is 49.4 Å². The molecule has 3 saturated heterocycles. The van der Waals surface area contributed by atoms with Gasteiger partial charge in [0.1, 0.15) is 4.90 Å². The van der Waals surface area contributed by atoms with Crippen LogP contribution in [-0.2, 0) is 14.8 Å².